The summed E-state index contributed by atoms with van der Waals surface area (Å²) in [4.78, 5) is 14.9. The van der Waals surface area contributed by atoms with Crippen LogP contribution in [0.25, 0.3) is 0 Å². The maximum atomic E-state index is 13.1. The Morgan fingerprint density at radius 1 is 1.10 bits per heavy atom. The van der Waals surface area contributed by atoms with Crippen LogP contribution < -0.4 is 9.46 Å². The van der Waals surface area contributed by atoms with Crippen molar-refractivity contribution in [1.82, 2.24) is 19.8 Å². The molecule has 3 fully saturated rings. The number of sulfonamides is 1. The number of fused-ring (bicyclic) bond motifs is 5. The fraction of sp³-hybridized carbons (Fsp3) is 0.762. The molecule has 0 aromatic carbocycles. The van der Waals surface area contributed by atoms with Gasteiger partial charge in [-0.3, -0.25) is 4.79 Å². The summed E-state index contributed by atoms with van der Waals surface area (Å²) in [5.41, 5.74) is 1.01. The maximum absolute atomic E-state index is 13.1. The first-order valence-corrected chi connectivity index (χ1v) is 12.9. The average Bonchev–Trinajstić information content (AvgIpc) is 3.63. The van der Waals surface area contributed by atoms with Crippen LogP contribution >= 0.6 is 0 Å². The second-order valence-corrected chi connectivity index (χ2v) is 11.1. The number of ether oxygens (including phenoxy) is 2. The van der Waals surface area contributed by atoms with E-state index in [1.54, 1.807) is 11.1 Å². The summed E-state index contributed by atoms with van der Waals surface area (Å²) in [6.07, 6.45) is 8.43. The van der Waals surface area contributed by atoms with Gasteiger partial charge in [0.05, 0.1) is 30.2 Å². The Morgan fingerprint density at radius 2 is 1.90 bits per heavy atom. The maximum Gasteiger partial charge on any atom is 0.260 e. The van der Waals surface area contributed by atoms with E-state index in [0.29, 0.717) is 44.2 Å². The zero-order valence-electron chi connectivity index (χ0n) is 17.6. The monoisotopic (exact) mass is 450 g/mol. The summed E-state index contributed by atoms with van der Waals surface area (Å²) in [6, 6.07) is 1.26. The summed E-state index contributed by atoms with van der Waals surface area (Å²) in [6.45, 7) is 0.768. The van der Waals surface area contributed by atoms with Crippen LogP contribution in [0.1, 0.15) is 62.8 Å². The molecule has 4 heterocycles. The standard InChI is InChI=1S/C21H30N4O5S/c26-20-13-30-21-17(9-10-22-23-21)14-3-5-15(6-4-14)29-12-19-18(2-1-11-25(19)20)24-31(27,28)16-7-8-16/h9-10,14-16,18-19,24H,1-8,11-13H2. The molecule has 2 unspecified atom stereocenters. The van der Waals surface area contributed by atoms with Crippen LogP contribution in [0.5, 0.6) is 5.88 Å². The number of nitrogens with zero attached hydrogens (tertiary/aromatic N) is 3. The lowest BCUT2D eigenvalue weighted by Gasteiger charge is -2.42. The summed E-state index contributed by atoms with van der Waals surface area (Å²) in [7, 11) is -3.36. The molecule has 1 aromatic heterocycles. The summed E-state index contributed by atoms with van der Waals surface area (Å²) in [5.74, 6) is 0.577. The molecule has 2 saturated carbocycles. The molecule has 31 heavy (non-hydrogen) atoms. The largest absolute Gasteiger partial charge is 0.466 e. The summed E-state index contributed by atoms with van der Waals surface area (Å²) >= 11 is 0. The minimum Gasteiger partial charge on any atom is -0.466 e. The zero-order valence-corrected chi connectivity index (χ0v) is 18.4. The van der Waals surface area contributed by atoms with Crippen LogP contribution in [0.15, 0.2) is 12.3 Å². The zero-order chi connectivity index (χ0) is 21.4. The Labute approximate surface area is 182 Å². The number of hydrogen-bond acceptors (Lipinski definition) is 7. The van der Waals surface area contributed by atoms with E-state index in [1.165, 1.54) is 0 Å². The van der Waals surface area contributed by atoms with Gasteiger partial charge in [0, 0.05) is 18.2 Å². The van der Waals surface area contributed by atoms with Gasteiger partial charge in [-0.25, -0.2) is 13.1 Å². The summed E-state index contributed by atoms with van der Waals surface area (Å²) < 4.78 is 40.2. The topological polar surface area (TPSA) is 111 Å². The van der Waals surface area contributed by atoms with Gasteiger partial charge in [-0.2, -0.15) is 5.10 Å². The normalized spacial score (nSPS) is 32.1. The number of hydrogen-bond donors (Lipinski definition) is 1. The van der Waals surface area contributed by atoms with Gasteiger partial charge in [-0.05, 0) is 63.4 Å². The van der Waals surface area contributed by atoms with Gasteiger partial charge in [-0.15, -0.1) is 5.10 Å². The molecule has 1 saturated heterocycles. The van der Waals surface area contributed by atoms with Crippen LogP contribution in [0.4, 0.5) is 0 Å². The Balaban J connectivity index is 1.40. The van der Waals surface area contributed by atoms with E-state index in [-0.39, 0.29) is 36.0 Å². The fourth-order valence-electron chi connectivity index (χ4n) is 5.14. The fourth-order valence-corrected chi connectivity index (χ4v) is 6.78. The highest BCUT2D eigenvalue weighted by Gasteiger charge is 2.42. The molecule has 0 radical (unpaired) electrons. The molecule has 5 aliphatic rings. The Kier molecular flexibility index (Phi) is 5.87. The molecule has 3 aliphatic heterocycles. The second-order valence-electron chi connectivity index (χ2n) is 9.15. The highest BCUT2D eigenvalue weighted by atomic mass is 32.2. The van der Waals surface area contributed by atoms with Crippen LogP contribution in [-0.4, -0.2) is 72.6 Å². The molecule has 0 spiro atoms. The van der Waals surface area contributed by atoms with E-state index in [4.69, 9.17) is 9.47 Å². The highest BCUT2D eigenvalue weighted by Crippen LogP contribution is 2.38. The lowest BCUT2D eigenvalue weighted by molar-refractivity contribution is -0.140. The third-order valence-electron chi connectivity index (χ3n) is 7.04. The molecule has 6 rings (SSSR count). The molecule has 2 bridgehead atoms. The van der Waals surface area contributed by atoms with Gasteiger partial charge in [-0.1, -0.05) is 0 Å². The molecule has 9 nitrogen and oxygen atoms in total. The first-order chi connectivity index (χ1) is 15.0. The molecular formula is C21H30N4O5S. The van der Waals surface area contributed by atoms with E-state index < -0.39 is 10.0 Å². The number of aromatic nitrogens is 2. The van der Waals surface area contributed by atoms with Gasteiger partial charge in [0.25, 0.3) is 5.91 Å². The van der Waals surface area contributed by atoms with Crippen molar-refractivity contribution in [2.24, 2.45) is 0 Å². The van der Waals surface area contributed by atoms with Crippen molar-refractivity contribution in [3.05, 3.63) is 17.8 Å². The highest BCUT2D eigenvalue weighted by molar-refractivity contribution is 7.90. The SMILES string of the molecule is O=C1COc2nnccc2C2CCC(CC2)OCC2C(NS(=O)(=O)C3CC3)CCCN12. The van der Waals surface area contributed by atoms with Gasteiger partial charge in [0.2, 0.25) is 15.9 Å². The third-order valence-corrected chi connectivity index (χ3v) is 9.02. The number of nitrogens with one attached hydrogen (secondary N) is 1. The number of piperidine rings is 1. The second kappa shape index (κ2) is 8.63. The van der Waals surface area contributed by atoms with Crippen molar-refractivity contribution < 1.29 is 22.7 Å². The molecule has 2 atom stereocenters. The van der Waals surface area contributed by atoms with Gasteiger partial charge >= 0.3 is 0 Å². The van der Waals surface area contributed by atoms with Crippen molar-refractivity contribution in [3.63, 3.8) is 0 Å². The first kappa shape index (κ1) is 21.1. The predicted octanol–water partition coefficient (Wildman–Crippen LogP) is 1.35. The number of carbonyl (C=O) groups is 1. The Bertz CT molecular complexity index is 914. The third kappa shape index (κ3) is 4.56. The lowest BCUT2D eigenvalue weighted by atomic mass is 9.83. The van der Waals surface area contributed by atoms with Gasteiger partial charge < -0.3 is 14.4 Å². The van der Waals surface area contributed by atoms with E-state index in [2.05, 4.69) is 14.9 Å². The van der Waals surface area contributed by atoms with Crippen LogP contribution in [-0.2, 0) is 19.6 Å². The minimum atomic E-state index is -3.36. The molecule has 1 amide bonds. The molecule has 170 valence electrons. The lowest BCUT2D eigenvalue weighted by Crippen LogP contribution is -2.60. The van der Waals surface area contributed by atoms with Crippen LogP contribution in [0.3, 0.4) is 0 Å². The molecule has 2 aliphatic carbocycles. The Hall–Kier alpha value is -1.78. The molecule has 1 aromatic rings. The smallest absolute Gasteiger partial charge is 0.260 e. The van der Waals surface area contributed by atoms with Crippen molar-refractivity contribution in [2.45, 2.75) is 80.7 Å². The van der Waals surface area contributed by atoms with Crippen molar-refractivity contribution in [1.29, 1.82) is 0 Å². The molecular weight excluding hydrogens is 420 g/mol. The summed E-state index contributed by atoms with van der Waals surface area (Å²) in [5, 5.41) is 7.81. The van der Waals surface area contributed by atoms with E-state index in [9.17, 15) is 13.2 Å². The van der Waals surface area contributed by atoms with Crippen molar-refractivity contribution >= 4 is 15.9 Å². The minimum absolute atomic E-state index is 0.121. The Morgan fingerprint density at radius 3 is 2.68 bits per heavy atom. The number of amides is 1. The van der Waals surface area contributed by atoms with Crippen LogP contribution in [0.2, 0.25) is 0 Å². The first-order valence-electron chi connectivity index (χ1n) is 11.4. The average molecular weight is 451 g/mol. The van der Waals surface area contributed by atoms with Gasteiger partial charge in [0.1, 0.15) is 0 Å². The van der Waals surface area contributed by atoms with Crippen molar-refractivity contribution in [3.8, 4) is 5.88 Å². The van der Waals surface area contributed by atoms with Crippen molar-refractivity contribution in [2.75, 3.05) is 19.8 Å². The van der Waals surface area contributed by atoms with Gasteiger partial charge in [0.15, 0.2) is 6.61 Å². The van der Waals surface area contributed by atoms with E-state index in [0.717, 1.165) is 37.7 Å². The molecule has 10 heteroatoms. The van der Waals surface area contributed by atoms with Crippen LogP contribution in [0, 0.1) is 0 Å². The quantitative estimate of drug-likeness (QED) is 0.740. The number of carbonyl (C=O) groups excluding carboxylic acids is 1. The molecule has 1 N–H and O–H groups in total. The van der Waals surface area contributed by atoms with E-state index >= 15 is 0 Å². The predicted molar refractivity (Wildman–Crippen MR) is 112 cm³/mol. The number of rotatable bonds is 3. The van der Waals surface area contributed by atoms with E-state index in [1.807, 2.05) is 6.07 Å².